The number of carbonyl (C=O) groups excluding carboxylic acids is 3. The van der Waals surface area contributed by atoms with E-state index < -0.39 is 74.7 Å². The molecular weight excluding hydrogens is 1120 g/mol. The van der Waals surface area contributed by atoms with Crippen molar-refractivity contribution >= 4 is 61.5 Å². The number of likely N-dealkylation sites (tertiary alicyclic amines) is 1. The number of amides is 3. The van der Waals surface area contributed by atoms with Crippen molar-refractivity contribution in [3.05, 3.63) is 107 Å². The summed E-state index contributed by atoms with van der Waals surface area (Å²) in [5.41, 5.74) is 11.1. The van der Waals surface area contributed by atoms with Crippen molar-refractivity contribution in [1.82, 2.24) is 45.1 Å². The number of ether oxygens (including phenoxy) is 2. The summed E-state index contributed by atoms with van der Waals surface area (Å²) in [7, 11) is -3.35. The minimum atomic E-state index is -5.08. The summed E-state index contributed by atoms with van der Waals surface area (Å²) in [6, 6.07) is 13.4. The van der Waals surface area contributed by atoms with Gasteiger partial charge in [-0.2, -0.15) is 19.0 Å². The minimum Gasteiger partial charge on any atom is -0.493 e. The zero-order valence-electron chi connectivity index (χ0n) is 46.8. The lowest BCUT2D eigenvalue weighted by Gasteiger charge is -2.35. The molecule has 0 radical (unpaired) electrons. The number of nitrogens with two attached hydrogens (primary N) is 1. The number of alkyl halides is 3. The van der Waals surface area contributed by atoms with E-state index in [1.54, 1.807) is 57.3 Å². The van der Waals surface area contributed by atoms with Gasteiger partial charge in [0.2, 0.25) is 11.8 Å². The second-order valence-electron chi connectivity index (χ2n) is 22.2. The Balaban J connectivity index is 0.807. The molecule has 3 aromatic carbocycles. The SMILES string of the molecule is Cc1ncsc1-c1ccc(CNC(=O)C2CC(O)CN2C(=O)[C@H](NC(=O)C2(F)CC2)C(C)(C)C)c(OCCCCCCCn2cc(-c3cnc(N)c4c(-c5ccc(NS(=O)(=O)C(F)F)c(O[C@@H](C)c6ccc(F)cc6)c5)nn(C)c34)cn2)c1. The number of fused-ring (bicyclic) bond motifs is 1. The number of nitrogens with one attached hydrogen (secondary N) is 3. The van der Waals surface area contributed by atoms with Crippen molar-refractivity contribution < 1.29 is 54.9 Å². The van der Waals surface area contributed by atoms with E-state index in [4.69, 9.17) is 20.3 Å². The average molecular weight is 1190 g/mol. The van der Waals surface area contributed by atoms with Gasteiger partial charge in [-0.25, -0.2) is 27.2 Å². The van der Waals surface area contributed by atoms with Crippen molar-refractivity contribution in [2.75, 3.05) is 23.6 Å². The normalized spacial score (nSPS) is 16.7. The summed E-state index contributed by atoms with van der Waals surface area (Å²) in [4.78, 5) is 51.8. The molecule has 442 valence electrons. The van der Waals surface area contributed by atoms with Crippen LogP contribution in [0.15, 0.2) is 84.8 Å². The maximum Gasteiger partial charge on any atom is 0.355 e. The van der Waals surface area contributed by atoms with Crippen LogP contribution in [0.25, 0.3) is 43.7 Å². The number of benzene rings is 3. The van der Waals surface area contributed by atoms with E-state index in [1.165, 1.54) is 58.7 Å². The highest BCUT2D eigenvalue weighted by atomic mass is 32.2. The molecule has 1 aliphatic carbocycles. The predicted molar refractivity (Wildman–Crippen MR) is 307 cm³/mol. The van der Waals surface area contributed by atoms with E-state index in [0.717, 1.165) is 53.8 Å². The summed E-state index contributed by atoms with van der Waals surface area (Å²) < 4.78 is 98.0. The van der Waals surface area contributed by atoms with Gasteiger partial charge >= 0.3 is 5.76 Å². The van der Waals surface area contributed by atoms with Gasteiger partial charge in [0.1, 0.15) is 47.0 Å². The van der Waals surface area contributed by atoms with E-state index in [2.05, 4.69) is 25.7 Å². The third-order valence-corrected chi connectivity index (χ3v) is 16.8. The number of halogens is 4. The van der Waals surface area contributed by atoms with Crippen molar-refractivity contribution in [1.29, 1.82) is 0 Å². The molecule has 2 fully saturated rings. The third kappa shape index (κ3) is 13.7. The van der Waals surface area contributed by atoms with Crippen molar-refractivity contribution in [2.45, 2.75) is 135 Å². The lowest BCUT2D eigenvalue weighted by molar-refractivity contribution is -0.145. The Labute approximate surface area is 482 Å². The molecular formula is C58H67F4N11O8S2. The maximum atomic E-state index is 14.7. The van der Waals surface area contributed by atoms with Crippen LogP contribution in [-0.4, -0.2) is 108 Å². The van der Waals surface area contributed by atoms with Gasteiger partial charge in [-0.15, -0.1) is 11.3 Å². The number of rotatable bonds is 24. The van der Waals surface area contributed by atoms with Crippen LogP contribution in [0.3, 0.4) is 0 Å². The van der Waals surface area contributed by atoms with Crippen LogP contribution in [0.2, 0.25) is 0 Å². The number of pyridine rings is 1. The Morgan fingerprint density at radius 1 is 0.952 bits per heavy atom. The molecule has 7 aromatic rings. The van der Waals surface area contributed by atoms with Gasteiger partial charge in [0, 0.05) is 67.8 Å². The number of thiazole rings is 1. The molecule has 0 bridgehead atoms. The number of anilines is 2. The first kappa shape index (κ1) is 60.0. The summed E-state index contributed by atoms with van der Waals surface area (Å²) >= 11 is 1.51. The summed E-state index contributed by atoms with van der Waals surface area (Å²) in [6.45, 7) is 9.84. The van der Waals surface area contributed by atoms with Gasteiger partial charge in [-0.3, -0.25) is 28.5 Å². The second kappa shape index (κ2) is 24.7. The summed E-state index contributed by atoms with van der Waals surface area (Å²) in [5.74, 6) is -5.42. The number of unbranched alkanes of at least 4 members (excludes halogenated alkanes) is 4. The number of β-amino-alcohol motifs (C(OH)–C–C–N with tert-alkyl or cyclic N) is 1. The van der Waals surface area contributed by atoms with Crippen LogP contribution in [0.4, 0.5) is 29.1 Å². The van der Waals surface area contributed by atoms with E-state index in [0.29, 0.717) is 57.8 Å². The van der Waals surface area contributed by atoms with Crippen molar-refractivity contribution in [2.24, 2.45) is 12.5 Å². The van der Waals surface area contributed by atoms with E-state index in [1.807, 2.05) is 40.7 Å². The molecule has 6 N–H and O–H groups in total. The van der Waals surface area contributed by atoms with Gasteiger partial charge in [-0.05, 0) is 86.4 Å². The lowest BCUT2D eigenvalue weighted by atomic mass is 9.85. The number of carbonyl (C=O) groups is 3. The average Bonchev–Trinajstić information content (AvgIpc) is 2.74. The number of aryl methyl sites for hydroxylation is 3. The fourth-order valence-electron chi connectivity index (χ4n) is 10.1. The van der Waals surface area contributed by atoms with Gasteiger partial charge in [-0.1, -0.05) is 70.4 Å². The zero-order chi connectivity index (χ0) is 59.5. The molecule has 1 saturated carbocycles. The smallest absolute Gasteiger partial charge is 0.355 e. The molecule has 2 unspecified atom stereocenters. The number of hydrogen-bond acceptors (Lipinski definition) is 14. The van der Waals surface area contributed by atoms with Gasteiger partial charge in [0.05, 0.1) is 51.6 Å². The quantitative estimate of drug-likeness (QED) is 0.0280. The molecule has 1 saturated heterocycles. The van der Waals surface area contributed by atoms with Gasteiger partial charge in [0.25, 0.3) is 15.9 Å². The molecule has 4 atom stereocenters. The first-order valence-corrected chi connectivity index (χ1v) is 29.8. The molecule has 25 heteroatoms. The maximum absolute atomic E-state index is 14.7. The molecule has 1 aliphatic heterocycles. The van der Waals surface area contributed by atoms with Crippen molar-refractivity contribution in [3.8, 4) is 44.3 Å². The monoisotopic (exact) mass is 1190 g/mol. The molecule has 0 spiro atoms. The highest BCUT2D eigenvalue weighted by Crippen LogP contribution is 2.42. The Morgan fingerprint density at radius 3 is 2.36 bits per heavy atom. The minimum absolute atomic E-state index is 0.000567. The number of aliphatic hydroxyl groups excluding tert-OH is 1. The van der Waals surface area contributed by atoms with Crippen molar-refractivity contribution in [3.63, 3.8) is 0 Å². The summed E-state index contributed by atoms with van der Waals surface area (Å²) in [5, 5.41) is 26.1. The lowest BCUT2D eigenvalue weighted by Crippen LogP contribution is -2.59. The third-order valence-electron chi connectivity index (χ3n) is 14.9. The Morgan fingerprint density at radius 2 is 1.66 bits per heavy atom. The second-order valence-corrected chi connectivity index (χ2v) is 24.7. The number of nitrogen functional groups attached to an aromatic ring is 1. The van der Waals surface area contributed by atoms with E-state index >= 15 is 0 Å². The van der Waals surface area contributed by atoms with Crippen LogP contribution >= 0.6 is 11.3 Å². The predicted octanol–water partition coefficient (Wildman–Crippen LogP) is 9.40. The highest BCUT2D eigenvalue weighted by molar-refractivity contribution is 7.93. The number of aromatic nitrogens is 6. The standard InChI is InChI=1S/C58H67F4N11O8S2/c1-33-50(82-32-66-33)37-12-13-38(27-65-53(75)44-26-41(74)31-73(44)54(76)51(57(3,4)5)68-55(77)58(62)20-21-58)45(25-37)80-23-11-9-7-8-10-22-72-30-39(28-67-72)42-29-64-52(63)47-48(69-71(6)49(42)47)36-16-19-43(70-83(78,79)56(60)61)46(24-36)81-34(2)35-14-17-40(59)18-15-35/h12-19,24-25,28-30,32,34,41,44,51,56,70,74H,7-11,20-23,26-27,31H2,1-6H3,(H2,63,64)(H,65,75)(H,68,77)/t34-,41?,44?,51-/m0/s1. The summed E-state index contributed by atoms with van der Waals surface area (Å²) in [6.07, 6.45) is 8.04. The fraction of sp³-hybridized carbons (Fsp3) is 0.431. The Hall–Kier alpha value is -7.64. The highest BCUT2D eigenvalue weighted by Gasteiger charge is 2.53. The van der Waals surface area contributed by atoms with Crippen LogP contribution in [0.5, 0.6) is 11.5 Å². The first-order chi connectivity index (χ1) is 39.4. The number of sulfonamides is 1. The molecule has 83 heavy (non-hydrogen) atoms. The molecule has 3 amide bonds. The zero-order valence-corrected chi connectivity index (χ0v) is 48.4. The molecule has 2 aliphatic rings. The van der Waals surface area contributed by atoms with Crippen LogP contribution < -0.4 is 30.6 Å². The van der Waals surface area contributed by atoms with Crippen LogP contribution in [0, 0.1) is 18.2 Å². The fourth-order valence-corrected chi connectivity index (χ4v) is 11.4. The number of aliphatic hydroxyl groups is 1. The van der Waals surface area contributed by atoms with Crippen LogP contribution in [-0.2, 0) is 44.5 Å². The Bertz CT molecular complexity index is 3620. The van der Waals surface area contributed by atoms with E-state index in [9.17, 15) is 45.5 Å². The molecule has 9 rings (SSSR count). The topological polar surface area (TPSA) is 251 Å². The van der Waals surface area contributed by atoms with Gasteiger partial charge < -0.3 is 35.8 Å². The molecule has 4 aromatic heterocycles. The first-order valence-electron chi connectivity index (χ1n) is 27.3. The molecule has 5 heterocycles. The Kier molecular flexibility index (Phi) is 17.8. The number of hydrogen-bond donors (Lipinski definition) is 5. The van der Waals surface area contributed by atoms with Crippen LogP contribution in [0.1, 0.15) is 102 Å². The molecule has 19 nitrogen and oxygen atoms in total. The van der Waals surface area contributed by atoms with E-state index in [-0.39, 0.29) is 49.6 Å². The van der Waals surface area contributed by atoms with Gasteiger partial charge in [0.15, 0.2) is 5.67 Å². The largest absolute Gasteiger partial charge is 0.493 e. The number of nitrogens with zero attached hydrogens (tertiary/aromatic N) is 7.